The number of aliphatic hydroxyl groups excluding tert-OH is 1. The molecule has 1 amide bonds. The minimum absolute atomic E-state index is 0.0666. The van der Waals surface area contributed by atoms with E-state index in [0.29, 0.717) is 32.2 Å². The summed E-state index contributed by atoms with van der Waals surface area (Å²) in [5, 5.41) is 10.4. The molecule has 0 fully saturated rings. The Hall–Kier alpha value is -2.62. The van der Waals surface area contributed by atoms with E-state index in [0.717, 1.165) is 24.8 Å². The zero-order chi connectivity index (χ0) is 22.9. The molecule has 6 heteroatoms. The van der Waals surface area contributed by atoms with Crippen LogP contribution in [0.1, 0.15) is 64.4 Å². The number of carbonyl (C=O) groups excluding carboxylic acids is 2. The number of carbonyl (C=O) groups is 2. The molecular formula is C25H36N2O4. The summed E-state index contributed by atoms with van der Waals surface area (Å²) in [6, 6.07) is 9.69. The number of aliphatic hydroxyl groups is 1. The molecule has 0 spiro atoms. The molecule has 0 aromatic heterocycles. The van der Waals surface area contributed by atoms with Gasteiger partial charge in [-0.1, -0.05) is 68.7 Å². The average Bonchev–Trinajstić information content (AvgIpc) is 2.78. The number of nitrogens with zero attached hydrogens (tertiary/aromatic N) is 1. The summed E-state index contributed by atoms with van der Waals surface area (Å²) in [6.07, 6.45) is 7.93. The van der Waals surface area contributed by atoms with Gasteiger partial charge in [-0.2, -0.15) is 5.90 Å². The molecule has 0 bridgehead atoms. The molecule has 2 atom stereocenters. The van der Waals surface area contributed by atoms with Gasteiger partial charge in [-0.3, -0.25) is 9.59 Å². The normalized spacial score (nSPS) is 12.6. The molecule has 31 heavy (non-hydrogen) atoms. The van der Waals surface area contributed by atoms with Gasteiger partial charge in [-0.15, -0.1) is 5.92 Å². The van der Waals surface area contributed by atoms with Crippen molar-refractivity contribution in [1.82, 2.24) is 4.90 Å². The number of amides is 1. The highest BCUT2D eigenvalue weighted by atomic mass is 16.7. The van der Waals surface area contributed by atoms with Crippen LogP contribution in [0.15, 0.2) is 42.5 Å². The van der Waals surface area contributed by atoms with Crippen molar-refractivity contribution in [2.75, 3.05) is 6.54 Å². The molecule has 1 aromatic rings. The van der Waals surface area contributed by atoms with Crippen molar-refractivity contribution in [1.29, 1.82) is 0 Å². The van der Waals surface area contributed by atoms with E-state index < -0.39 is 12.1 Å². The topological polar surface area (TPSA) is 92.9 Å². The van der Waals surface area contributed by atoms with Gasteiger partial charge in [0, 0.05) is 25.7 Å². The van der Waals surface area contributed by atoms with Crippen LogP contribution in [0.2, 0.25) is 0 Å². The lowest BCUT2D eigenvalue weighted by Crippen LogP contribution is -2.39. The highest BCUT2D eigenvalue weighted by Crippen LogP contribution is 2.12. The van der Waals surface area contributed by atoms with Crippen molar-refractivity contribution < 1.29 is 19.5 Å². The fourth-order valence-electron chi connectivity index (χ4n) is 3.11. The van der Waals surface area contributed by atoms with E-state index in [9.17, 15) is 14.7 Å². The largest absolute Gasteiger partial charge is 0.389 e. The lowest BCUT2D eigenvalue weighted by molar-refractivity contribution is -0.144. The quantitative estimate of drug-likeness (QED) is 0.217. The zero-order valence-electron chi connectivity index (χ0n) is 18.8. The number of rotatable bonds is 13. The van der Waals surface area contributed by atoms with Gasteiger partial charge in [0.15, 0.2) is 0 Å². The lowest BCUT2D eigenvalue weighted by Gasteiger charge is -2.28. The standard InChI is InChI=1S/C25H36N2O4/c1-3-5-15-24(29)27(19-12-7-6-11-16-25(30)31-26)22(4-2)17-18-23(28)20-21-13-9-8-10-14-21/h8-10,13-14,17-18,22-23,28H,3-6,11,15-16,19-20,26H2,1-2H3/b18-17+. The summed E-state index contributed by atoms with van der Waals surface area (Å²) in [4.78, 5) is 29.7. The molecule has 3 N–H and O–H groups in total. The Bertz CT molecular complexity index is 737. The molecule has 2 unspecified atom stereocenters. The highest BCUT2D eigenvalue weighted by molar-refractivity contribution is 5.77. The second kappa shape index (κ2) is 16.1. The summed E-state index contributed by atoms with van der Waals surface area (Å²) in [5.41, 5.74) is 1.06. The van der Waals surface area contributed by atoms with E-state index in [4.69, 9.17) is 5.90 Å². The predicted molar refractivity (Wildman–Crippen MR) is 123 cm³/mol. The first kappa shape index (κ1) is 26.4. The van der Waals surface area contributed by atoms with E-state index in [1.807, 2.05) is 43.3 Å². The van der Waals surface area contributed by atoms with Crippen molar-refractivity contribution in [3.05, 3.63) is 48.0 Å². The fraction of sp³-hybridized carbons (Fsp3) is 0.520. The van der Waals surface area contributed by atoms with Gasteiger partial charge in [0.1, 0.15) is 0 Å². The second-order valence-corrected chi connectivity index (χ2v) is 7.44. The van der Waals surface area contributed by atoms with Crippen LogP contribution in [0.3, 0.4) is 0 Å². The van der Waals surface area contributed by atoms with Crippen LogP contribution in [-0.2, 0) is 20.8 Å². The highest BCUT2D eigenvalue weighted by Gasteiger charge is 2.19. The van der Waals surface area contributed by atoms with Crippen LogP contribution in [-0.4, -0.2) is 40.6 Å². The number of hydrogen-bond donors (Lipinski definition) is 2. The van der Waals surface area contributed by atoms with Gasteiger partial charge in [0.2, 0.25) is 5.91 Å². The number of nitrogens with two attached hydrogens (primary N) is 1. The molecule has 1 aromatic carbocycles. The van der Waals surface area contributed by atoms with E-state index in [1.165, 1.54) is 0 Å². The molecule has 0 aliphatic carbocycles. The van der Waals surface area contributed by atoms with Gasteiger partial charge < -0.3 is 14.8 Å². The maximum absolute atomic E-state index is 12.8. The number of benzene rings is 1. The summed E-state index contributed by atoms with van der Waals surface area (Å²) in [5.74, 6) is 10.5. The zero-order valence-corrected chi connectivity index (χ0v) is 18.8. The molecule has 0 saturated carbocycles. The molecule has 0 aliphatic heterocycles. The minimum Gasteiger partial charge on any atom is -0.389 e. The van der Waals surface area contributed by atoms with Crippen molar-refractivity contribution >= 4 is 11.9 Å². The van der Waals surface area contributed by atoms with E-state index >= 15 is 0 Å². The van der Waals surface area contributed by atoms with Crippen molar-refractivity contribution in [3.63, 3.8) is 0 Å². The Balaban J connectivity index is 2.74. The van der Waals surface area contributed by atoms with Crippen LogP contribution in [0.25, 0.3) is 0 Å². The average molecular weight is 429 g/mol. The molecule has 0 aliphatic rings. The fourth-order valence-corrected chi connectivity index (χ4v) is 3.11. The summed E-state index contributed by atoms with van der Waals surface area (Å²) < 4.78 is 0. The van der Waals surface area contributed by atoms with E-state index in [1.54, 1.807) is 11.0 Å². The Morgan fingerprint density at radius 1 is 1.13 bits per heavy atom. The SMILES string of the molecule is CCCCC(=O)N(CC#CCCCC(=O)ON)C(/C=C/C(O)Cc1ccccc1)CC. The maximum Gasteiger partial charge on any atom is 0.324 e. The van der Waals surface area contributed by atoms with E-state index in [2.05, 4.69) is 23.6 Å². The van der Waals surface area contributed by atoms with Crippen molar-refractivity contribution in [2.24, 2.45) is 5.90 Å². The van der Waals surface area contributed by atoms with Gasteiger partial charge in [0.05, 0.1) is 18.7 Å². The first-order chi connectivity index (χ1) is 15.0. The Morgan fingerprint density at radius 3 is 2.52 bits per heavy atom. The number of hydrogen-bond acceptors (Lipinski definition) is 5. The molecule has 6 nitrogen and oxygen atoms in total. The summed E-state index contributed by atoms with van der Waals surface area (Å²) in [7, 11) is 0. The second-order valence-electron chi connectivity index (χ2n) is 7.44. The molecular weight excluding hydrogens is 392 g/mol. The Morgan fingerprint density at radius 2 is 1.87 bits per heavy atom. The van der Waals surface area contributed by atoms with Crippen molar-refractivity contribution in [3.8, 4) is 11.8 Å². The minimum atomic E-state index is -0.613. The third kappa shape index (κ3) is 11.4. The maximum atomic E-state index is 12.8. The molecule has 1 rings (SSSR count). The summed E-state index contributed by atoms with van der Waals surface area (Å²) in [6.45, 7) is 4.40. The smallest absolute Gasteiger partial charge is 0.324 e. The van der Waals surface area contributed by atoms with E-state index in [-0.39, 0.29) is 18.4 Å². The first-order valence-corrected chi connectivity index (χ1v) is 11.1. The van der Waals surface area contributed by atoms with Crippen LogP contribution in [0.4, 0.5) is 0 Å². The monoisotopic (exact) mass is 428 g/mol. The third-order valence-corrected chi connectivity index (χ3v) is 4.91. The third-order valence-electron chi connectivity index (χ3n) is 4.91. The Kier molecular flexibility index (Phi) is 13.7. The van der Waals surface area contributed by atoms with Crippen LogP contribution in [0, 0.1) is 11.8 Å². The van der Waals surface area contributed by atoms with Crippen LogP contribution >= 0.6 is 0 Å². The molecule has 0 saturated heterocycles. The predicted octanol–water partition coefficient (Wildman–Crippen LogP) is 3.53. The van der Waals surface area contributed by atoms with Gasteiger partial charge in [0.25, 0.3) is 0 Å². The van der Waals surface area contributed by atoms with Gasteiger partial charge in [-0.05, 0) is 24.8 Å². The van der Waals surface area contributed by atoms with Crippen LogP contribution in [0.5, 0.6) is 0 Å². The van der Waals surface area contributed by atoms with Gasteiger partial charge in [-0.25, -0.2) is 0 Å². The van der Waals surface area contributed by atoms with Crippen molar-refractivity contribution in [2.45, 2.75) is 77.4 Å². The summed E-state index contributed by atoms with van der Waals surface area (Å²) >= 11 is 0. The Labute approximate surface area is 186 Å². The lowest BCUT2D eigenvalue weighted by atomic mass is 10.1. The molecule has 0 radical (unpaired) electrons. The molecule has 170 valence electrons. The first-order valence-electron chi connectivity index (χ1n) is 11.1. The molecule has 0 heterocycles. The number of unbranched alkanes of at least 4 members (excludes halogenated alkanes) is 2. The van der Waals surface area contributed by atoms with Crippen LogP contribution < -0.4 is 5.90 Å². The van der Waals surface area contributed by atoms with Gasteiger partial charge >= 0.3 is 5.97 Å².